The largest absolute Gasteiger partial charge is 0.338 e. The van der Waals surface area contributed by atoms with Crippen LogP contribution in [0.25, 0.3) is 0 Å². The predicted octanol–water partition coefficient (Wildman–Crippen LogP) is 2.21. The van der Waals surface area contributed by atoms with Gasteiger partial charge in [0.15, 0.2) is 5.82 Å². The average Bonchev–Trinajstić information content (AvgIpc) is 3.03. The molecule has 1 N–H and O–H groups in total. The summed E-state index contributed by atoms with van der Waals surface area (Å²) in [5, 5.41) is 4.01. The van der Waals surface area contributed by atoms with Gasteiger partial charge in [-0.25, -0.2) is 13.1 Å². The first-order valence-corrected chi connectivity index (χ1v) is 10.5. The Bertz CT molecular complexity index is 797. The SMILES string of the molecule is CC(C)Cc1noc(CN2CCC(NS(=O)(=O)c3ccccc3)CC2)n1. The Balaban J connectivity index is 1.49. The van der Waals surface area contributed by atoms with Crippen LogP contribution >= 0.6 is 0 Å². The third kappa shape index (κ3) is 5.12. The molecule has 1 aliphatic rings. The van der Waals surface area contributed by atoms with E-state index in [9.17, 15) is 8.42 Å². The number of aromatic nitrogens is 2. The summed E-state index contributed by atoms with van der Waals surface area (Å²) in [6, 6.07) is 8.45. The van der Waals surface area contributed by atoms with Gasteiger partial charge in [-0.1, -0.05) is 37.2 Å². The van der Waals surface area contributed by atoms with E-state index in [4.69, 9.17) is 4.52 Å². The van der Waals surface area contributed by atoms with Crippen LogP contribution in [0.2, 0.25) is 0 Å². The lowest BCUT2D eigenvalue weighted by molar-refractivity contribution is 0.177. The van der Waals surface area contributed by atoms with Gasteiger partial charge >= 0.3 is 0 Å². The topological polar surface area (TPSA) is 88.3 Å². The lowest BCUT2D eigenvalue weighted by Gasteiger charge is -2.31. The number of hydrogen-bond donors (Lipinski definition) is 1. The molecule has 7 nitrogen and oxygen atoms in total. The zero-order valence-corrected chi connectivity index (χ0v) is 16.1. The van der Waals surface area contributed by atoms with Crippen LogP contribution in [0.1, 0.15) is 38.4 Å². The molecule has 0 atom stereocenters. The summed E-state index contributed by atoms with van der Waals surface area (Å²) in [4.78, 5) is 6.96. The van der Waals surface area contributed by atoms with E-state index in [0.29, 0.717) is 23.2 Å². The Kier molecular flexibility index (Phi) is 6.05. The molecule has 0 bridgehead atoms. The predicted molar refractivity (Wildman–Crippen MR) is 97.9 cm³/mol. The highest BCUT2D eigenvalue weighted by Gasteiger charge is 2.25. The summed E-state index contributed by atoms with van der Waals surface area (Å²) in [6.45, 7) is 6.45. The third-order valence-corrected chi connectivity index (χ3v) is 5.96. The van der Waals surface area contributed by atoms with Crippen molar-refractivity contribution in [2.75, 3.05) is 13.1 Å². The quantitative estimate of drug-likeness (QED) is 0.795. The molecule has 1 aliphatic heterocycles. The van der Waals surface area contributed by atoms with Crippen LogP contribution in [-0.4, -0.2) is 42.6 Å². The fourth-order valence-electron chi connectivity index (χ4n) is 3.09. The van der Waals surface area contributed by atoms with Crippen molar-refractivity contribution in [3.8, 4) is 0 Å². The number of benzene rings is 1. The number of piperidine rings is 1. The van der Waals surface area contributed by atoms with Gasteiger partial charge in [0.05, 0.1) is 11.4 Å². The van der Waals surface area contributed by atoms with E-state index in [1.165, 1.54) is 0 Å². The fraction of sp³-hybridized carbons (Fsp3) is 0.556. The molecule has 142 valence electrons. The average molecular weight is 378 g/mol. The van der Waals surface area contributed by atoms with Gasteiger partial charge in [-0.2, -0.15) is 4.98 Å². The molecule has 0 saturated carbocycles. The van der Waals surface area contributed by atoms with Crippen molar-refractivity contribution in [3.05, 3.63) is 42.0 Å². The number of sulfonamides is 1. The van der Waals surface area contributed by atoms with Crippen molar-refractivity contribution in [2.45, 2.75) is 50.6 Å². The minimum atomic E-state index is -3.45. The van der Waals surface area contributed by atoms with Crippen LogP contribution in [0.5, 0.6) is 0 Å². The van der Waals surface area contributed by atoms with E-state index in [1.807, 2.05) is 6.07 Å². The van der Waals surface area contributed by atoms with Crippen molar-refractivity contribution in [3.63, 3.8) is 0 Å². The summed E-state index contributed by atoms with van der Waals surface area (Å²) in [5.41, 5.74) is 0. The third-order valence-electron chi connectivity index (χ3n) is 4.42. The van der Waals surface area contributed by atoms with E-state index in [0.717, 1.165) is 38.2 Å². The second kappa shape index (κ2) is 8.28. The van der Waals surface area contributed by atoms with Crippen molar-refractivity contribution in [1.82, 2.24) is 19.8 Å². The summed E-state index contributed by atoms with van der Waals surface area (Å²) in [6.07, 6.45) is 2.34. The molecule has 8 heteroatoms. The van der Waals surface area contributed by atoms with E-state index < -0.39 is 10.0 Å². The first kappa shape index (κ1) is 19.0. The van der Waals surface area contributed by atoms with Gasteiger partial charge in [0.2, 0.25) is 15.9 Å². The minimum Gasteiger partial charge on any atom is -0.338 e. The number of nitrogens with one attached hydrogen (secondary N) is 1. The van der Waals surface area contributed by atoms with Crippen LogP contribution in [0.3, 0.4) is 0 Å². The molecule has 26 heavy (non-hydrogen) atoms. The Hall–Kier alpha value is -1.77. The molecule has 1 aromatic carbocycles. The van der Waals surface area contributed by atoms with Crippen LogP contribution in [-0.2, 0) is 23.0 Å². The van der Waals surface area contributed by atoms with Crippen LogP contribution < -0.4 is 4.72 Å². The van der Waals surface area contributed by atoms with Crippen molar-refractivity contribution in [2.24, 2.45) is 5.92 Å². The summed E-state index contributed by atoms with van der Waals surface area (Å²) >= 11 is 0. The van der Waals surface area contributed by atoms with E-state index in [2.05, 4.69) is 33.6 Å². The van der Waals surface area contributed by atoms with Gasteiger partial charge in [0.25, 0.3) is 0 Å². The Labute approximate surface area is 154 Å². The van der Waals surface area contributed by atoms with Crippen LogP contribution in [0.4, 0.5) is 0 Å². The monoisotopic (exact) mass is 378 g/mol. The Morgan fingerprint density at radius 3 is 2.58 bits per heavy atom. The number of likely N-dealkylation sites (tertiary alicyclic amines) is 1. The van der Waals surface area contributed by atoms with Crippen molar-refractivity contribution >= 4 is 10.0 Å². The highest BCUT2D eigenvalue weighted by molar-refractivity contribution is 7.89. The number of hydrogen-bond acceptors (Lipinski definition) is 6. The van der Waals surface area contributed by atoms with E-state index in [1.54, 1.807) is 24.3 Å². The van der Waals surface area contributed by atoms with Gasteiger partial charge in [-0.15, -0.1) is 0 Å². The van der Waals surface area contributed by atoms with Crippen molar-refractivity contribution < 1.29 is 12.9 Å². The zero-order valence-electron chi connectivity index (χ0n) is 15.3. The second-order valence-corrected chi connectivity index (χ2v) is 8.90. The summed E-state index contributed by atoms with van der Waals surface area (Å²) in [5.74, 6) is 1.87. The summed E-state index contributed by atoms with van der Waals surface area (Å²) < 4.78 is 32.9. The maximum Gasteiger partial charge on any atom is 0.240 e. The molecule has 0 spiro atoms. The van der Waals surface area contributed by atoms with Gasteiger partial charge in [-0.3, -0.25) is 4.90 Å². The molecule has 0 radical (unpaired) electrons. The van der Waals surface area contributed by atoms with Gasteiger partial charge in [-0.05, 0) is 30.9 Å². The smallest absolute Gasteiger partial charge is 0.240 e. The molecule has 2 heterocycles. The van der Waals surface area contributed by atoms with Gasteiger partial charge in [0, 0.05) is 25.6 Å². The molecule has 2 aromatic rings. The second-order valence-electron chi connectivity index (χ2n) is 7.19. The highest BCUT2D eigenvalue weighted by Crippen LogP contribution is 2.16. The molecule has 3 rings (SSSR count). The lowest BCUT2D eigenvalue weighted by Crippen LogP contribution is -2.44. The first-order valence-electron chi connectivity index (χ1n) is 9.03. The molecular weight excluding hydrogens is 352 g/mol. The first-order chi connectivity index (χ1) is 12.4. The maximum atomic E-state index is 12.4. The zero-order chi connectivity index (χ0) is 18.6. The van der Waals surface area contributed by atoms with Crippen LogP contribution in [0, 0.1) is 5.92 Å². The molecule has 1 fully saturated rings. The molecule has 0 amide bonds. The molecule has 1 saturated heterocycles. The molecule has 0 unspecified atom stereocenters. The van der Waals surface area contributed by atoms with E-state index in [-0.39, 0.29) is 6.04 Å². The molecule has 0 aliphatic carbocycles. The van der Waals surface area contributed by atoms with Gasteiger partial charge in [0.1, 0.15) is 0 Å². The lowest BCUT2D eigenvalue weighted by atomic mass is 10.1. The van der Waals surface area contributed by atoms with E-state index >= 15 is 0 Å². The number of nitrogens with zero attached hydrogens (tertiary/aromatic N) is 3. The highest BCUT2D eigenvalue weighted by atomic mass is 32.2. The Morgan fingerprint density at radius 2 is 1.92 bits per heavy atom. The molecular formula is C18H26N4O3S. The summed E-state index contributed by atoms with van der Waals surface area (Å²) in [7, 11) is -3.45. The maximum absolute atomic E-state index is 12.4. The normalized spacial score (nSPS) is 17.0. The van der Waals surface area contributed by atoms with Gasteiger partial charge < -0.3 is 4.52 Å². The number of rotatable bonds is 7. The standard InChI is InChI=1S/C18H26N4O3S/c1-14(2)12-17-19-18(25-20-17)13-22-10-8-15(9-11-22)21-26(23,24)16-6-4-3-5-7-16/h3-7,14-15,21H,8-13H2,1-2H3. The fourth-order valence-corrected chi connectivity index (χ4v) is 4.42. The van der Waals surface area contributed by atoms with Crippen LogP contribution in [0.15, 0.2) is 39.8 Å². The minimum absolute atomic E-state index is 0.0457. The Morgan fingerprint density at radius 1 is 1.23 bits per heavy atom. The van der Waals surface area contributed by atoms with Crippen molar-refractivity contribution in [1.29, 1.82) is 0 Å². The molecule has 1 aromatic heterocycles.